The molecular formula is C29H34O5. The van der Waals surface area contributed by atoms with Gasteiger partial charge in [0.25, 0.3) is 0 Å². The number of aliphatic hydroxyl groups excluding tert-OH is 1. The first kappa shape index (κ1) is 24.5. The first-order chi connectivity index (χ1) is 15.8. The number of allylic oxidation sites excluding steroid dienone is 4. The van der Waals surface area contributed by atoms with Gasteiger partial charge in [0.2, 0.25) is 0 Å². The Kier molecular flexibility index (Phi) is 5.52. The Labute approximate surface area is 201 Å². The molecule has 0 aromatic heterocycles. The molecule has 0 unspecified atom stereocenters. The highest BCUT2D eigenvalue weighted by Gasteiger charge is 2.86. The highest BCUT2D eigenvalue weighted by Crippen LogP contribution is 2.73. The van der Waals surface area contributed by atoms with Gasteiger partial charge in [0, 0.05) is 5.56 Å². The highest BCUT2D eigenvalue weighted by molar-refractivity contribution is 6.42. The average molecular weight is 463 g/mol. The van der Waals surface area contributed by atoms with Gasteiger partial charge in [-0.05, 0) is 58.3 Å². The number of ketones is 4. The number of hydrogen-bond acceptors (Lipinski definition) is 5. The van der Waals surface area contributed by atoms with Crippen LogP contribution in [0.15, 0.2) is 53.6 Å². The zero-order valence-corrected chi connectivity index (χ0v) is 20.9. The Morgan fingerprint density at radius 3 is 2.03 bits per heavy atom. The van der Waals surface area contributed by atoms with Crippen molar-refractivity contribution in [3.8, 4) is 0 Å². The lowest BCUT2D eigenvalue weighted by Crippen LogP contribution is -2.84. The summed E-state index contributed by atoms with van der Waals surface area (Å²) in [6.45, 7) is 11.3. The molecule has 1 aromatic carbocycles. The van der Waals surface area contributed by atoms with Gasteiger partial charge in [-0.2, -0.15) is 0 Å². The van der Waals surface area contributed by atoms with Crippen molar-refractivity contribution in [2.45, 2.75) is 66.9 Å². The molecule has 1 N–H and O–H groups in total. The molecule has 5 rings (SSSR count). The molecule has 180 valence electrons. The van der Waals surface area contributed by atoms with Crippen LogP contribution in [0.25, 0.3) is 0 Å². The molecule has 0 saturated heterocycles. The van der Waals surface area contributed by atoms with Crippen LogP contribution in [0.1, 0.15) is 71.2 Å². The second-order valence-electron chi connectivity index (χ2n) is 11.4. The van der Waals surface area contributed by atoms with Crippen LogP contribution in [0, 0.1) is 27.6 Å². The van der Waals surface area contributed by atoms with Crippen molar-refractivity contribution in [3.05, 3.63) is 59.2 Å². The van der Waals surface area contributed by atoms with E-state index in [2.05, 4.69) is 0 Å². The van der Waals surface area contributed by atoms with Gasteiger partial charge in [-0.3, -0.25) is 19.2 Å². The van der Waals surface area contributed by atoms with Gasteiger partial charge in [-0.25, -0.2) is 0 Å². The molecule has 5 nitrogen and oxygen atoms in total. The number of hydrogen-bond donors (Lipinski definition) is 1. The summed E-state index contributed by atoms with van der Waals surface area (Å²) in [5, 5.41) is 11.7. The standard InChI is InChI=1S/C29H34O5/c1-17(2)12-14-27-16-20-22(31)29(24(27)33,21(30)19-10-8-7-9-11-19)25(34)28(23(27)32,26(20,5)6)15-13-18(3)4/h7-13,20,22,31H,14-16H2,1-6H3/t20-,22-,27+,28-,29+/m1/s1. The largest absolute Gasteiger partial charge is 0.391 e. The van der Waals surface area contributed by atoms with Crippen molar-refractivity contribution in [2.75, 3.05) is 0 Å². The van der Waals surface area contributed by atoms with E-state index < -0.39 is 51.0 Å². The van der Waals surface area contributed by atoms with Gasteiger partial charge in [-0.1, -0.05) is 67.5 Å². The number of aliphatic hydroxyl groups is 1. The molecule has 4 saturated carbocycles. The fraction of sp³-hybridized carbons (Fsp3) is 0.517. The molecule has 0 heterocycles. The first-order valence-corrected chi connectivity index (χ1v) is 12.0. The van der Waals surface area contributed by atoms with Crippen molar-refractivity contribution in [2.24, 2.45) is 27.6 Å². The molecule has 4 aliphatic carbocycles. The minimum Gasteiger partial charge on any atom is -0.391 e. The predicted octanol–water partition coefficient (Wildman–Crippen LogP) is 4.68. The molecular weight excluding hydrogens is 428 g/mol. The zero-order valence-electron chi connectivity index (χ0n) is 20.9. The van der Waals surface area contributed by atoms with Crippen molar-refractivity contribution < 1.29 is 24.3 Å². The second-order valence-corrected chi connectivity index (χ2v) is 11.4. The lowest BCUT2D eigenvalue weighted by atomic mass is 9.28. The third-order valence-electron chi connectivity index (χ3n) is 8.85. The zero-order chi connectivity index (χ0) is 25.3. The van der Waals surface area contributed by atoms with Crippen LogP contribution in [0.4, 0.5) is 0 Å². The Bertz CT molecular complexity index is 1150. The predicted molar refractivity (Wildman–Crippen MR) is 129 cm³/mol. The van der Waals surface area contributed by atoms with E-state index in [0.29, 0.717) is 0 Å². The molecule has 34 heavy (non-hydrogen) atoms. The smallest absolute Gasteiger partial charge is 0.186 e. The fourth-order valence-electron chi connectivity index (χ4n) is 6.84. The summed E-state index contributed by atoms with van der Waals surface area (Å²) in [6.07, 6.45) is 2.65. The van der Waals surface area contributed by atoms with Gasteiger partial charge < -0.3 is 5.11 Å². The summed E-state index contributed by atoms with van der Waals surface area (Å²) in [7, 11) is 0. The maximum absolute atomic E-state index is 14.5. The van der Waals surface area contributed by atoms with E-state index >= 15 is 0 Å². The molecule has 4 aliphatic rings. The SMILES string of the molecule is CC(C)=CC[C@@]12C[C@@H]3[C@@H](O)[C@@](C(=O)c4ccccc4)(C1=O)C(=O)[C@@](CC=C(C)C)(C2=O)C3(C)C. The minimum absolute atomic E-state index is 0.122. The lowest BCUT2D eigenvalue weighted by Gasteiger charge is -2.70. The lowest BCUT2D eigenvalue weighted by molar-refractivity contribution is -0.223. The highest BCUT2D eigenvalue weighted by atomic mass is 16.3. The van der Waals surface area contributed by atoms with E-state index in [4.69, 9.17) is 0 Å². The molecule has 0 radical (unpaired) electrons. The van der Waals surface area contributed by atoms with Gasteiger partial charge in [0.05, 0.1) is 16.9 Å². The van der Waals surface area contributed by atoms with E-state index in [1.54, 1.807) is 30.3 Å². The Morgan fingerprint density at radius 2 is 1.47 bits per heavy atom. The molecule has 4 bridgehead atoms. The Morgan fingerprint density at radius 1 is 0.912 bits per heavy atom. The maximum Gasteiger partial charge on any atom is 0.186 e. The summed E-state index contributed by atoms with van der Waals surface area (Å²) in [5.74, 6) is -3.05. The maximum atomic E-state index is 14.5. The van der Waals surface area contributed by atoms with E-state index in [0.717, 1.165) is 11.1 Å². The van der Waals surface area contributed by atoms with Crippen molar-refractivity contribution in [1.29, 1.82) is 0 Å². The second kappa shape index (κ2) is 7.67. The molecule has 4 fully saturated rings. The van der Waals surface area contributed by atoms with Crippen molar-refractivity contribution >= 4 is 23.1 Å². The first-order valence-electron chi connectivity index (χ1n) is 12.0. The van der Waals surface area contributed by atoms with E-state index in [9.17, 15) is 24.3 Å². The van der Waals surface area contributed by atoms with Gasteiger partial charge in [-0.15, -0.1) is 0 Å². The third kappa shape index (κ3) is 2.70. The van der Waals surface area contributed by atoms with Crippen LogP contribution in [0.2, 0.25) is 0 Å². The van der Waals surface area contributed by atoms with Crippen LogP contribution in [0.3, 0.4) is 0 Å². The average Bonchev–Trinajstić information content (AvgIpc) is 2.78. The van der Waals surface area contributed by atoms with E-state index in [1.807, 2.05) is 53.7 Å². The number of carbonyl (C=O) groups is 4. The van der Waals surface area contributed by atoms with E-state index in [-0.39, 0.29) is 30.6 Å². The quantitative estimate of drug-likeness (QED) is 0.377. The van der Waals surface area contributed by atoms with Crippen LogP contribution in [-0.2, 0) is 14.4 Å². The van der Waals surface area contributed by atoms with E-state index in [1.165, 1.54) is 0 Å². The van der Waals surface area contributed by atoms with Crippen LogP contribution in [0.5, 0.6) is 0 Å². The normalized spacial score (nSPS) is 35.3. The molecule has 1 aromatic rings. The Hall–Kier alpha value is -2.66. The summed E-state index contributed by atoms with van der Waals surface area (Å²) in [6, 6.07) is 8.21. The molecule has 5 heteroatoms. The summed E-state index contributed by atoms with van der Waals surface area (Å²) >= 11 is 0. The number of rotatable bonds is 6. The molecule has 5 atom stereocenters. The number of carbonyl (C=O) groups excluding carboxylic acids is 4. The summed E-state index contributed by atoms with van der Waals surface area (Å²) in [5.41, 5.74) is -4.14. The minimum atomic E-state index is -2.27. The van der Waals surface area contributed by atoms with Gasteiger partial charge in [0.1, 0.15) is 0 Å². The van der Waals surface area contributed by atoms with Crippen molar-refractivity contribution in [1.82, 2.24) is 0 Å². The van der Waals surface area contributed by atoms with Crippen LogP contribution >= 0.6 is 0 Å². The third-order valence-corrected chi connectivity index (χ3v) is 8.85. The molecule has 0 aliphatic heterocycles. The van der Waals surface area contributed by atoms with Crippen LogP contribution in [-0.4, -0.2) is 34.3 Å². The monoisotopic (exact) mass is 462 g/mol. The number of Topliss-reactive ketones (excluding diaryl/α,β-unsaturated/α-hetero) is 4. The van der Waals surface area contributed by atoms with Crippen molar-refractivity contribution in [3.63, 3.8) is 0 Å². The van der Waals surface area contributed by atoms with Crippen LogP contribution < -0.4 is 0 Å². The summed E-state index contributed by atoms with van der Waals surface area (Å²) < 4.78 is 0. The topological polar surface area (TPSA) is 88.5 Å². The molecule has 0 spiro atoms. The summed E-state index contributed by atoms with van der Waals surface area (Å²) in [4.78, 5) is 57.3. The molecule has 0 amide bonds. The fourth-order valence-corrected chi connectivity index (χ4v) is 6.84. The van der Waals surface area contributed by atoms with Gasteiger partial charge >= 0.3 is 0 Å². The Balaban J connectivity index is 2.07. The number of benzene rings is 1. The van der Waals surface area contributed by atoms with Gasteiger partial charge in [0.15, 0.2) is 28.5 Å².